The number of hydrogen-bond donors (Lipinski definition) is 1. The summed E-state index contributed by atoms with van der Waals surface area (Å²) in [6, 6.07) is 8.47. The van der Waals surface area contributed by atoms with Crippen LogP contribution < -0.4 is 14.8 Å². The van der Waals surface area contributed by atoms with Crippen LogP contribution in [0.25, 0.3) is 11.1 Å². The van der Waals surface area contributed by atoms with E-state index in [1.165, 1.54) is 6.33 Å². The standard InChI is InChI=1S/C42H60N10O9/c1-33(29-51-32-44-31-47-51)61-40-25-34(3-4-35(40)26-43)36-27-45-42(46-28-36)48-39-30-52(38-7-5-37(6-8-38)50-9-11-54-12-10-50)49-41(39)60-24-23-59-22-21-58-20-19-57-18-17-56-16-15-55-14-13-53-2/h3-4,25,27-28,30-33,37-38H,5-24,29H2,1-2H3,(H,45,46,48)/t33-,37?,38?/m0/s1. The Labute approximate surface area is 357 Å². The van der Waals surface area contributed by atoms with Gasteiger partial charge in [-0.25, -0.2) is 19.6 Å². The van der Waals surface area contributed by atoms with Crippen molar-refractivity contribution >= 4 is 11.6 Å². The van der Waals surface area contributed by atoms with Crippen molar-refractivity contribution in [1.29, 1.82) is 5.26 Å². The molecule has 2 aliphatic rings. The van der Waals surface area contributed by atoms with Crippen LogP contribution in [0.3, 0.4) is 0 Å². The maximum absolute atomic E-state index is 9.74. The fraction of sp³-hybridized carbons (Fsp3) is 0.619. The molecule has 0 bridgehead atoms. The van der Waals surface area contributed by atoms with E-state index in [4.69, 9.17) is 47.7 Å². The van der Waals surface area contributed by atoms with Crippen molar-refractivity contribution in [2.45, 2.75) is 57.3 Å². The molecule has 4 aromatic rings. The lowest BCUT2D eigenvalue weighted by molar-refractivity contribution is -0.0160. The number of nitrogens with one attached hydrogen (secondary N) is 1. The van der Waals surface area contributed by atoms with E-state index in [0.717, 1.165) is 63.1 Å². The number of anilines is 2. The van der Waals surface area contributed by atoms with Crippen LogP contribution in [-0.4, -0.2) is 164 Å². The van der Waals surface area contributed by atoms with Crippen LogP contribution in [0.4, 0.5) is 11.6 Å². The zero-order valence-electron chi connectivity index (χ0n) is 35.4. The summed E-state index contributed by atoms with van der Waals surface area (Å²) in [4.78, 5) is 15.8. The zero-order valence-corrected chi connectivity index (χ0v) is 35.4. The highest BCUT2D eigenvalue weighted by molar-refractivity contribution is 5.67. The number of morpholine rings is 1. The van der Waals surface area contributed by atoms with Crippen LogP contribution in [0, 0.1) is 11.3 Å². The Morgan fingerprint density at radius 1 is 0.820 bits per heavy atom. The van der Waals surface area contributed by atoms with Gasteiger partial charge < -0.3 is 47.9 Å². The van der Waals surface area contributed by atoms with E-state index in [9.17, 15) is 5.26 Å². The van der Waals surface area contributed by atoms with Crippen LogP contribution in [0.15, 0.2) is 49.4 Å². The third-order valence-electron chi connectivity index (χ3n) is 10.3. The average Bonchev–Trinajstić information content (AvgIpc) is 3.96. The molecule has 0 unspecified atom stereocenters. The number of methoxy groups -OCH3 is 1. The molecule has 0 amide bonds. The van der Waals surface area contributed by atoms with Gasteiger partial charge in [0.25, 0.3) is 5.88 Å². The fourth-order valence-corrected chi connectivity index (χ4v) is 7.10. The van der Waals surface area contributed by atoms with Crippen LogP contribution in [0.2, 0.25) is 0 Å². The highest BCUT2D eigenvalue weighted by Crippen LogP contribution is 2.35. The second-order valence-electron chi connectivity index (χ2n) is 14.6. The van der Waals surface area contributed by atoms with E-state index in [1.807, 2.05) is 29.9 Å². The summed E-state index contributed by atoms with van der Waals surface area (Å²) >= 11 is 0. The summed E-state index contributed by atoms with van der Waals surface area (Å²) in [5, 5.41) is 22.1. The quantitative estimate of drug-likeness (QED) is 0.0807. The van der Waals surface area contributed by atoms with Gasteiger partial charge in [0.05, 0.1) is 110 Å². The Bertz CT molecular complexity index is 1850. The molecular formula is C42H60N10O9. The molecule has 19 nitrogen and oxygen atoms in total. The number of hydrogen-bond acceptors (Lipinski definition) is 17. The van der Waals surface area contributed by atoms with Gasteiger partial charge in [0, 0.05) is 44.2 Å². The topological polar surface area (TPSA) is 196 Å². The van der Waals surface area contributed by atoms with Gasteiger partial charge in [-0.3, -0.25) is 9.58 Å². The van der Waals surface area contributed by atoms with E-state index in [1.54, 1.807) is 36.6 Å². The molecule has 4 heterocycles. The van der Waals surface area contributed by atoms with Gasteiger partial charge in [0.2, 0.25) is 5.95 Å². The van der Waals surface area contributed by atoms with E-state index in [-0.39, 0.29) is 12.1 Å². The van der Waals surface area contributed by atoms with Crippen molar-refractivity contribution < 1.29 is 42.6 Å². The second-order valence-corrected chi connectivity index (χ2v) is 14.6. The summed E-state index contributed by atoms with van der Waals surface area (Å²) in [6.45, 7) is 11.7. The van der Waals surface area contributed by atoms with Crippen LogP contribution in [-0.2, 0) is 39.7 Å². The first-order chi connectivity index (χ1) is 30.1. The van der Waals surface area contributed by atoms with Crippen molar-refractivity contribution in [2.24, 2.45) is 0 Å². The second kappa shape index (κ2) is 25.9. The van der Waals surface area contributed by atoms with Crippen molar-refractivity contribution in [3.63, 3.8) is 0 Å². The lowest BCUT2D eigenvalue weighted by atomic mass is 9.90. The molecule has 0 spiro atoms. The Balaban J connectivity index is 0.976. The van der Waals surface area contributed by atoms with Crippen LogP contribution in [0.1, 0.15) is 44.2 Å². The number of rotatable bonds is 28. The first-order valence-electron chi connectivity index (χ1n) is 21.1. The smallest absolute Gasteiger partial charge is 0.257 e. The molecule has 0 radical (unpaired) electrons. The normalized spacial score (nSPS) is 17.5. The summed E-state index contributed by atoms with van der Waals surface area (Å²) in [5.41, 5.74) is 2.68. The minimum atomic E-state index is -0.249. The molecular weight excluding hydrogens is 789 g/mol. The van der Waals surface area contributed by atoms with Gasteiger partial charge in [-0.15, -0.1) is 5.10 Å². The first kappa shape index (κ1) is 45.7. The summed E-state index contributed by atoms with van der Waals surface area (Å²) in [7, 11) is 1.65. The van der Waals surface area contributed by atoms with Gasteiger partial charge in [-0.05, 0) is 50.3 Å². The van der Waals surface area contributed by atoms with Crippen LogP contribution >= 0.6 is 0 Å². The molecule has 1 saturated carbocycles. The highest BCUT2D eigenvalue weighted by atomic mass is 16.6. The molecule has 6 rings (SSSR count). The molecule has 1 saturated heterocycles. The number of benzene rings is 1. The summed E-state index contributed by atoms with van der Waals surface area (Å²) in [5.74, 6) is 1.32. The number of aromatic nitrogens is 7. The maximum Gasteiger partial charge on any atom is 0.257 e. The van der Waals surface area contributed by atoms with Crippen molar-refractivity contribution in [3.05, 3.63) is 55.0 Å². The lowest BCUT2D eigenvalue weighted by Crippen LogP contribution is -2.45. The van der Waals surface area contributed by atoms with Gasteiger partial charge in [0.1, 0.15) is 42.9 Å². The zero-order chi connectivity index (χ0) is 42.3. The molecule has 1 aromatic carbocycles. The van der Waals surface area contributed by atoms with Crippen molar-refractivity contribution in [1.82, 2.24) is 39.4 Å². The molecule has 61 heavy (non-hydrogen) atoms. The molecule has 1 atom stereocenters. The highest BCUT2D eigenvalue weighted by Gasteiger charge is 2.29. The Hall–Kier alpha value is -4.78. The number of nitrogens with zero attached hydrogens (tertiary/aromatic N) is 9. The third kappa shape index (κ3) is 15.3. The average molecular weight is 849 g/mol. The van der Waals surface area contributed by atoms with Gasteiger partial charge in [-0.2, -0.15) is 10.4 Å². The summed E-state index contributed by atoms with van der Waals surface area (Å²) < 4.78 is 54.3. The summed E-state index contributed by atoms with van der Waals surface area (Å²) in [6.07, 6.45) is 12.6. The minimum Gasteiger partial charge on any atom is -0.487 e. The molecule has 19 heteroatoms. The third-order valence-corrected chi connectivity index (χ3v) is 10.3. The van der Waals surface area contributed by atoms with E-state index in [0.29, 0.717) is 121 Å². The number of ether oxygens (including phenoxy) is 9. The van der Waals surface area contributed by atoms with E-state index in [2.05, 4.69) is 36.3 Å². The largest absolute Gasteiger partial charge is 0.487 e. The van der Waals surface area contributed by atoms with Gasteiger partial charge in [0.15, 0.2) is 0 Å². The van der Waals surface area contributed by atoms with Gasteiger partial charge >= 0.3 is 0 Å². The predicted molar refractivity (Wildman–Crippen MR) is 223 cm³/mol. The molecule has 332 valence electrons. The fourth-order valence-electron chi connectivity index (χ4n) is 7.10. The van der Waals surface area contributed by atoms with E-state index >= 15 is 0 Å². The first-order valence-corrected chi connectivity index (χ1v) is 21.1. The molecule has 1 aliphatic carbocycles. The number of nitriles is 1. The molecule has 3 aromatic heterocycles. The van der Waals surface area contributed by atoms with Crippen LogP contribution in [0.5, 0.6) is 11.6 Å². The SMILES string of the molecule is COCCOCCOCCOCCOCCOCCOc1nn(C2CCC(N3CCOCC3)CC2)cc1Nc1ncc(-c2ccc(C#N)c(O[C@@H](C)Cn3cncn3)c2)cn1. The van der Waals surface area contributed by atoms with Crippen molar-refractivity contribution in [3.8, 4) is 28.8 Å². The molecule has 1 N–H and O–H groups in total. The van der Waals surface area contributed by atoms with Gasteiger partial charge in [-0.1, -0.05) is 6.07 Å². The monoisotopic (exact) mass is 848 g/mol. The molecule has 1 aliphatic heterocycles. The lowest BCUT2D eigenvalue weighted by Gasteiger charge is -2.38. The van der Waals surface area contributed by atoms with E-state index < -0.39 is 0 Å². The Morgan fingerprint density at radius 3 is 2.05 bits per heavy atom. The van der Waals surface area contributed by atoms with Crippen molar-refractivity contribution in [2.75, 3.05) is 118 Å². The Morgan fingerprint density at radius 2 is 1.44 bits per heavy atom. The molecule has 2 fully saturated rings. The predicted octanol–water partition coefficient (Wildman–Crippen LogP) is 3.94. The Kier molecular flexibility index (Phi) is 19.4. The minimum absolute atomic E-state index is 0.249. The maximum atomic E-state index is 9.74.